The van der Waals surface area contributed by atoms with Crippen LogP contribution in [-0.2, 0) is 13.1 Å². The molecule has 0 spiro atoms. The molecule has 0 saturated carbocycles. The van der Waals surface area contributed by atoms with E-state index in [-0.39, 0.29) is 0 Å². The van der Waals surface area contributed by atoms with E-state index in [0.717, 1.165) is 62.1 Å². The maximum atomic E-state index is 5.86. The molecule has 3 aromatic rings. The van der Waals surface area contributed by atoms with Gasteiger partial charge in [0.15, 0.2) is 5.58 Å². The summed E-state index contributed by atoms with van der Waals surface area (Å²) in [5.41, 5.74) is 2.92. The van der Waals surface area contributed by atoms with Crippen LogP contribution in [0.1, 0.15) is 12.6 Å². The number of fused-ring (bicyclic) bond motifs is 1. The summed E-state index contributed by atoms with van der Waals surface area (Å²) in [5, 5.41) is 4.56. The highest BCUT2D eigenvalue weighted by Crippen LogP contribution is 2.22. The minimum Gasteiger partial charge on any atom is -0.423 e. The fourth-order valence-corrected chi connectivity index (χ4v) is 2.99. The van der Waals surface area contributed by atoms with Crippen LogP contribution in [0.15, 0.2) is 40.9 Å². The molecule has 1 saturated heterocycles. The van der Waals surface area contributed by atoms with E-state index in [9.17, 15) is 0 Å². The van der Waals surface area contributed by atoms with Crippen molar-refractivity contribution in [3.05, 3.63) is 42.2 Å². The number of para-hydroxylation sites is 2. The monoisotopic (exact) mass is 311 g/mol. The van der Waals surface area contributed by atoms with Gasteiger partial charge in [0.1, 0.15) is 5.52 Å². The van der Waals surface area contributed by atoms with Crippen LogP contribution >= 0.6 is 0 Å². The number of hydrogen-bond acceptors (Lipinski definition) is 5. The highest BCUT2D eigenvalue weighted by atomic mass is 16.4. The number of piperazine rings is 1. The second kappa shape index (κ2) is 6.04. The van der Waals surface area contributed by atoms with Gasteiger partial charge in [-0.25, -0.2) is 0 Å². The molecule has 6 heteroatoms. The molecule has 1 aromatic carbocycles. The Morgan fingerprint density at radius 2 is 1.91 bits per heavy atom. The normalized spacial score (nSPS) is 16.3. The Labute approximate surface area is 135 Å². The third-order valence-electron chi connectivity index (χ3n) is 4.33. The van der Waals surface area contributed by atoms with Gasteiger partial charge in [-0.1, -0.05) is 12.1 Å². The lowest BCUT2D eigenvalue weighted by atomic mass is 10.3. The van der Waals surface area contributed by atoms with Gasteiger partial charge in [-0.15, -0.1) is 0 Å². The zero-order valence-corrected chi connectivity index (χ0v) is 13.4. The van der Waals surface area contributed by atoms with Gasteiger partial charge in [0, 0.05) is 45.5 Å². The molecule has 3 heterocycles. The highest BCUT2D eigenvalue weighted by Gasteiger charge is 2.21. The van der Waals surface area contributed by atoms with E-state index in [1.807, 2.05) is 35.1 Å². The minimum atomic E-state index is 0.737. The van der Waals surface area contributed by atoms with E-state index in [1.165, 1.54) is 0 Å². The zero-order chi connectivity index (χ0) is 15.6. The van der Waals surface area contributed by atoms with Crippen LogP contribution in [-0.4, -0.2) is 45.8 Å². The Kier molecular flexibility index (Phi) is 3.75. The van der Waals surface area contributed by atoms with E-state index < -0.39 is 0 Å². The summed E-state index contributed by atoms with van der Waals surface area (Å²) < 4.78 is 7.84. The number of aryl methyl sites for hydroxylation is 1. The molecule has 0 radical (unpaired) electrons. The van der Waals surface area contributed by atoms with Crippen LogP contribution in [0.5, 0.6) is 0 Å². The van der Waals surface area contributed by atoms with Crippen LogP contribution in [0, 0.1) is 0 Å². The van der Waals surface area contributed by atoms with Gasteiger partial charge < -0.3 is 9.32 Å². The lowest BCUT2D eigenvalue weighted by molar-refractivity contribution is 0.242. The van der Waals surface area contributed by atoms with E-state index in [0.29, 0.717) is 0 Å². The van der Waals surface area contributed by atoms with Gasteiger partial charge in [-0.3, -0.25) is 9.58 Å². The predicted molar refractivity (Wildman–Crippen MR) is 89.4 cm³/mol. The van der Waals surface area contributed by atoms with Crippen molar-refractivity contribution >= 4 is 17.1 Å². The van der Waals surface area contributed by atoms with Gasteiger partial charge in [0.05, 0.1) is 5.69 Å². The molecule has 4 rings (SSSR count). The van der Waals surface area contributed by atoms with E-state index >= 15 is 0 Å². The van der Waals surface area contributed by atoms with Crippen molar-refractivity contribution in [2.75, 3.05) is 31.1 Å². The maximum absolute atomic E-state index is 5.86. The molecule has 1 fully saturated rings. The quantitative estimate of drug-likeness (QED) is 0.740. The summed E-state index contributed by atoms with van der Waals surface area (Å²) in [5.74, 6) is 0. The largest absolute Gasteiger partial charge is 0.423 e. The van der Waals surface area contributed by atoms with Crippen molar-refractivity contribution in [3.8, 4) is 0 Å². The van der Waals surface area contributed by atoms with Crippen LogP contribution in [0.25, 0.3) is 11.1 Å². The van der Waals surface area contributed by atoms with Gasteiger partial charge in [0.2, 0.25) is 0 Å². The summed E-state index contributed by atoms with van der Waals surface area (Å²) in [7, 11) is 0. The van der Waals surface area contributed by atoms with Gasteiger partial charge >= 0.3 is 0 Å². The summed E-state index contributed by atoms with van der Waals surface area (Å²) in [4.78, 5) is 9.24. The first kappa shape index (κ1) is 14.3. The smallest absolute Gasteiger partial charge is 0.298 e. The molecule has 23 heavy (non-hydrogen) atoms. The second-order valence-corrected chi connectivity index (χ2v) is 5.89. The molecular weight excluding hydrogens is 290 g/mol. The van der Waals surface area contributed by atoms with E-state index in [2.05, 4.69) is 32.9 Å². The Morgan fingerprint density at radius 3 is 2.65 bits per heavy atom. The topological polar surface area (TPSA) is 50.3 Å². The molecule has 2 aromatic heterocycles. The number of nitrogens with zero attached hydrogens (tertiary/aromatic N) is 5. The third kappa shape index (κ3) is 2.94. The highest BCUT2D eigenvalue weighted by molar-refractivity contribution is 5.74. The van der Waals surface area contributed by atoms with Crippen LogP contribution in [0.2, 0.25) is 0 Å². The van der Waals surface area contributed by atoms with E-state index in [1.54, 1.807) is 0 Å². The average Bonchev–Trinajstić information content (AvgIpc) is 3.21. The summed E-state index contributed by atoms with van der Waals surface area (Å²) in [6.45, 7) is 7.80. The van der Waals surface area contributed by atoms with Crippen LogP contribution in [0.4, 0.5) is 6.01 Å². The first-order valence-electron chi connectivity index (χ1n) is 8.17. The lowest BCUT2D eigenvalue weighted by Gasteiger charge is -2.33. The number of hydrogen-bond donors (Lipinski definition) is 0. The molecule has 0 amide bonds. The molecule has 1 aliphatic rings. The van der Waals surface area contributed by atoms with Crippen molar-refractivity contribution in [1.29, 1.82) is 0 Å². The Morgan fingerprint density at radius 1 is 1.09 bits per heavy atom. The molecule has 0 atom stereocenters. The van der Waals surface area contributed by atoms with Gasteiger partial charge in [0.25, 0.3) is 6.01 Å². The van der Waals surface area contributed by atoms with Crippen molar-refractivity contribution in [2.45, 2.75) is 20.0 Å². The predicted octanol–water partition coefficient (Wildman–Crippen LogP) is 2.37. The molecule has 0 N–H and O–H groups in total. The first-order chi connectivity index (χ1) is 11.3. The summed E-state index contributed by atoms with van der Waals surface area (Å²) in [6, 6.07) is 10.8. The SMILES string of the molecule is CCn1ccc(CN2CCN(c3nc4ccccc4o3)CC2)n1. The fourth-order valence-electron chi connectivity index (χ4n) is 2.99. The van der Waals surface area contributed by atoms with E-state index in [4.69, 9.17) is 4.42 Å². The number of benzene rings is 1. The number of oxazole rings is 1. The second-order valence-electron chi connectivity index (χ2n) is 5.89. The fraction of sp³-hybridized carbons (Fsp3) is 0.412. The summed E-state index contributed by atoms with van der Waals surface area (Å²) >= 11 is 0. The Hall–Kier alpha value is -2.34. The number of aromatic nitrogens is 3. The molecular formula is C17H21N5O. The number of anilines is 1. The standard InChI is InChI=1S/C17H21N5O/c1-2-22-8-7-14(19-22)13-20-9-11-21(12-10-20)17-18-15-5-3-4-6-16(15)23-17/h3-8H,2,9-13H2,1H3. The molecule has 120 valence electrons. The van der Waals surface area contributed by atoms with Crippen LogP contribution in [0.3, 0.4) is 0 Å². The van der Waals surface area contributed by atoms with Crippen molar-refractivity contribution in [2.24, 2.45) is 0 Å². The van der Waals surface area contributed by atoms with Gasteiger partial charge in [-0.05, 0) is 25.1 Å². The Bertz CT molecular complexity index is 752. The lowest BCUT2D eigenvalue weighted by Crippen LogP contribution is -2.46. The average molecular weight is 311 g/mol. The minimum absolute atomic E-state index is 0.737. The zero-order valence-electron chi connectivity index (χ0n) is 13.4. The van der Waals surface area contributed by atoms with Crippen LogP contribution < -0.4 is 4.90 Å². The number of rotatable bonds is 4. The summed E-state index contributed by atoms with van der Waals surface area (Å²) in [6.07, 6.45) is 2.05. The molecule has 6 nitrogen and oxygen atoms in total. The van der Waals surface area contributed by atoms with Crippen molar-refractivity contribution in [1.82, 2.24) is 19.7 Å². The van der Waals surface area contributed by atoms with Crippen molar-refractivity contribution < 1.29 is 4.42 Å². The molecule has 0 unspecified atom stereocenters. The first-order valence-corrected chi connectivity index (χ1v) is 8.17. The molecule has 0 bridgehead atoms. The Balaban J connectivity index is 1.38. The van der Waals surface area contributed by atoms with Gasteiger partial charge in [-0.2, -0.15) is 10.1 Å². The maximum Gasteiger partial charge on any atom is 0.298 e. The third-order valence-corrected chi connectivity index (χ3v) is 4.33. The van der Waals surface area contributed by atoms with Crippen molar-refractivity contribution in [3.63, 3.8) is 0 Å². The molecule has 0 aliphatic carbocycles. The molecule has 1 aliphatic heterocycles.